The van der Waals surface area contributed by atoms with Crippen LogP contribution in [-0.2, 0) is 11.2 Å². The van der Waals surface area contributed by atoms with Crippen molar-refractivity contribution in [3.63, 3.8) is 0 Å². The highest BCUT2D eigenvalue weighted by Gasteiger charge is 2.07. The van der Waals surface area contributed by atoms with Gasteiger partial charge in [-0.15, -0.1) is 0 Å². The molecule has 0 aliphatic heterocycles. The molecule has 0 saturated heterocycles. The SMILES string of the molecule is O=C(O)Cc1ccc(Sc2ccc(I)cc2)cc1Cl. The summed E-state index contributed by atoms with van der Waals surface area (Å²) in [6.45, 7) is 0. The number of halogens is 2. The highest BCUT2D eigenvalue weighted by Crippen LogP contribution is 2.31. The zero-order valence-corrected chi connectivity index (χ0v) is 13.5. The summed E-state index contributed by atoms with van der Waals surface area (Å²) in [7, 11) is 0. The summed E-state index contributed by atoms with van der Waals surface area (Å²) in [5.74, 6) is -0.875. The van der Waals surface area contributed by atoms with Gasteiger partial charge < -0.3 is 5.11 Å². The molecular formula is C14H10ClIO2S. The molecule has 2 rings (SSSR count). The normalized spacial score (nSPS) is 10.4. The molecule has 2 nitrogen and oxygen atoms in total. The fourth-order valence-electron chi connectivity index (χ4n) is 1.54. The third-order valence-corrected chi connectivity index (χ3v) is 4.48. The van der Waals surface area contributed by atoms with E-state index in [1.165, 1.54) is 3.57 Å². The van der Waals surface area contributed by atoms with E-state index in [-0.39, 0.29) is 6.42 Å². The number of carbonyl (C=O) groups is 1. The van der Waals surface area contributed by atoms with Crippen LogP contribution in [-0.4, -0.2) is 11.1 Å². The Kier molecular flexibility index (Phi) is 5.13. The summed E-state index contributed by atoms with van der Waals surface area (Å²) in [5, 5.41) is 9.26. The van der Waals surface area contributed by atoms with E-state index in [1.54, 1.807) is 17.8 Å². The fraction of sp³-hybridized carbons (Fsp3) is 0.0714. The van der Waals surface area contributed by atoms with Gasteiger partial charge in [0.15, 0.2) is 0 Å². The smallest absolute Gasteiger partial charge is 0.307 e. The number of carboxylic acids is 1. The molecule has 98 valence electrons. The van der Waals surface area contributed by atoms with Gasteiger partial charge >= 0.3 is 5.97 Å². The third-order valence-electron chi connectivity index (χ3n) is 2.42. The first-order valence-electron chi connectivity index (χ1n) is 5.48. The Hall–Kier alpha value is -0.720. The molecule has 0 radical (unpaired) electrons. The lowest BCUT2D eigenvalue weighted by Gasteiger charge is -2.05. The van der Waals surface area contributed by atoms with Crippen LogP contribution in [0.2, 0.25) is 5.02 Å². The summed E-state index contributed by atoms with van der Waals surface area (Å²) in [6.07, 6.45) is -0.0483. The minimum absolute atomic E-state index is 0.0483. The Bertz CT molecular complexity index is 599. The van der Waals surface area contributed by atoms with E-state index in [0.717, 1.165) is 9.79 Å². The van der Waals surface area contributed by atoms with E-state index in [2.05, 4.69) is 22.6 Å². The van der Waals surface area contributed by atoms with Gasteiger partial charge in [0.25, 0.3) is 0 Å². The molecule has 2 aromatic carbocycles. The van der Waals surface area contributed by atoms with Crippen molar-refractivity contribution in [3.05, 3.63) is 56.6 Å². The van der Waals surface area contributed by atoms with Gasteiger partial charge in [0, 0.05) is 18.4 Å². The van der Waals surface area contributed by atoms with Crippen LogP contribution in [0.3, 0.4) is 0 Å². The molecule has 5 heteroatoms. The molecule has 1 N–H and O–H groups in total. The van der Waals surface area contributed by atoms with Gasteiger partial charge in [0.2, 0.25) is 0 Å². The second kappa shape index (κ2) is 6.63. The average molecular weight is 405 g/mol. The fourth-order valence-corrected chi connectivity index (χ4v) is 3.07. The monoisotopic (exact) mass is 404 g/mol. The molecule has 0 atom stereocenters. The van der Waals surface area contributed by atoms with Crippen molar-refractivity contribution in [3.8, 4) is 0 Å². The number of rotatable bonds is 4. The van der Waals surface area contributed by atoms with Crippen LogP contribution in [0.1, 0.15) is 5.56 Å². The van der Waals surface area contributed by atoms with Gasteiger partial charge in [-0.1, -0.05) is 29.4 Å². The van der Waals surface area contributed by atoms with Crippen molar-refractivity contribution in [2.75, 3.05) is 0 Å². The first-order chi connectivity index (χ1) is 9.04. The Morgan fingerprint density at radius 2 is 1.79 bits per heavy atom. The summed E-state index contributed by atoms with van der Waals surface area (Å²) in [4.78, 5) is 12.8. The first-order valence-corrected chi connectivity index (χ1v) is 7.75. The second-order valence-corrected chi connectivity index (χ2v) is 6.68. The molecule has 0 aliphatic rings. The Balaban J connectivity index is 2.15. The van der Waals surface area contributed by atoms with Crippen molar-refractivity contribution in [1.82, 2.24) is 0 Å². The average Bonchev–Trinajstić information content (AvgIpc) is 2.35. The maximum atomic E-state index is 10.7. The van der Waals surface area contributed by atoms with Crippen molar-refractivity contribution >= 4 is 51.9 Å². The van der Waals surface area contributed by atoms with Gasteiger partial charge in [0.05, 0.1) is 6.42 Å². The molecule has 0 fully saturated rings. The summed E-state index contributed by atoms with van der Waals surface area (Å²) < 4.78 is 1.19. The first kappa shape index (κ1) is 14.7. The molecule has 0 aromatic heterocycles. The van der Waals surface area contributed by atoms with Crippen molar-refractivity contribution in [2.24, 2.45) is 0 Å². The standard InChI is InChI=1S/C14H10ClIO2S/c15-13-8-12(4-1-9(13)7-14(17)18)19-11-5-2-10(16)3-6-11/h1-6,8H,7H2,(H,17,18). The third kappa shape index (κ3) is 4.40. The Morgan fingerprint density at radius 1 is 1.16 bits per heavy atom. The predicted octanol–water partition coefficient (Wildman–Crippen LogP) is 4.72. The molecular weight excluding hydrogens is 395 g/mol. The quantitative estimate of drug-likeness (QED) is 0.749. The van der Waals surface area contributed by atoms with Crippen molar-refractivity contribution < 1.29 is 9.90 Å². The number of hydrogen-bond donors (Lipinski definition) is 1. The van der Waals surface area contributed by atoms with Gasteiger partial charge in [0.1, 0.15) is 0 Å². The van der Waals surface area contributed by atoms with Gasteiger partial charge in [-0.05, 0) is 64.6 Å². The van der Waals surface area contributed by atoms with E-state index < -0.39 is 5.97 Å². The van der Waals surface area contributed by atoms with Crippen molar-refractivity contribution in [1.29, 1.82) is 0 Å². The molecule has 0 bridgehead atoms. The lowest BCUT2D eigenvalue weighted by atomic mass is 10.1. The van der Waals surface area contributed by atoms with E-state index in [1.807, 2.05) is 36.4 Å². The van der Waals surface area contributed by atoms with E-state index in [0.29, 0.717) is 10.6 Å². The summed E-state index contributed by atoms with van der Waals surface area (Å²) in [6, 6.07) is 13.7. The molecule has 0 saturated carbocycles. The predicted molar refractivity (Wildman–Crippen MR) is 86.1 cm³/mol. The Labute approximate surface area is 134 Å². The van der Waals surface area contributed by atoms with Gasteiger partial charge in [-0.3, -0.25) is 4.79 Å². The van der Waals surface area contributed by atoms with Crippen LogP contribution in [0.5, 0.6) is 0 Å². The number of carboxylic acid groups (broad SMARTS) is 1. The minimum Gasteiger partial charge on any atom is -0.481 e. The maximum absolute atomic E-state index is 10.7. The van der Waals surface area contributed by atoms with Crippen LogP contribution in [0.4, 0.5) is 0 Å². The van der Waals surface area contributed by atoms with Crippen LogP contribution >= 0.6 is 46.0 Å². The topological polar surface area (TPSA) is 37.3 Å². The molecule has 0 heterocycles. The van der Waals surface area contributed by atoms with E-state index >= 15 is 0 Å². The molecule has 19 heavy (non-hydrogen) atoms. The lowest BCUT2D eigenvalue weighted by Crippen LogP contribution is -2.00. The van der Waals surface area contributed by atoms with E-state index in [9.17, 15) is 4.79 Å². The molecule has 0 amide bonds. The largest absolute Gasteiger partial charge is 0.481 e. The Morgan fingerprint density at radius 3 is 2.37 bits per heavy atom. The van der Waals surface area contributed by atoms with Crippen LogP contribution < -0.4 is 0 Å². The van der Waals surface area contributed by atoms with Crippen LogP contribution in [0.25, 0.3) is 0 Å². The number of benzene rings is 2. The summed E-state index contributed by atoms with van der Waals surface area (Å²) in [5.41, 5.74) is 0.640. The molecule has 0 unspecified atom stereocenters. The van der Waals surface area contributed by atoms with Crippen LogP contribution in [0, 0.1) is 3.57 Å². The van der Waals surface area contributed by atoms with Gasteiger partial charge in [-0.2, -0.15) is 0 Å². The van der Waals surface area contributed by atoms with Crippen LogP contribution in [0.15, 0.2) is 52.3 Å². The molecule has 0 aliphatic carbocycles. The lowest BCUT2D eigenvalue weighted by molar-refractivity contribution is -0.136. The van der Waals surface area contributed by atoms with Gasteiger partial charge in [-0.25, -0.2) is 0 Å². The summed E-state index contributed by atoms with van der Waals surface area (Å²) >= 11 is 9.95. The zero-order valence-electron chi connectivity index (χ0n) is 9.77. The highest BCUT2D eigenvalue weighted by molar-refractivity contribution is 14.1. The maximum Gasteiger partial charge on any atom is 0.307 e. The second-order valence-electron chi connectivity index (χ2n) is 3.88. The zero-order chi connectivity index (χ0) is 13.8. The van der Waals surface area contributed by atoms with Crippen molar-refractivity contribution in [2.45, 2.75) is 16.2 Å². The highest BCUT2D eigenvalue weighted by atomic mass is 127. The minimum atomic E-state index is -0.875. The number of hydrogen-bond acceptors (Lipinski definition) is 2. The molecule has 0 spiro atoms. The number of aliphatic carboxylic acids is 1. The molecule has 2 aromatic rings. The van der Waals surface area contributed by atoms with E-state index in [4.69, 9.17) is 16.7 Å².